The Labute approximate surface area is 119 Å². The average Bonchev–Trinajstić information content (AvgIpc) is 2.44. The molecule has 4 nitrogen and oxygen atoms in total. The summed E-state index contributed by atoms with van der Waals surface area (Å²) in [6.07, 6.45) is 1.82. The molecule has 1 N–H and O–H groups in total. The van der Waals surface area contributed by atoms with Gasteiger partial charge in [-0.1, -0.05) is 24.6 Å². The summed E-state index contributed by atoms with van der Waals surface area (Å²) >= 11 is 5.63. The Morgan fingerprint density at radius 2 is 2.15 bits per heavy atom. The summed E-state index contributed by atoms with van der Waals surface area (Å²) in [7, 11) is 0. The van der Waals surface area contributed by atoms with Crippen LogP contribution in [0.5, 0.6) is 11.6 Å². The number of benzene rings is 1. The van der Waals surface area contributed by atoms with E-state index in [1.807, 2.05) is 6.92 Å². The number of nitrogens with zero attached hydrogens (tertiary/aromatic N) is 2. The van der Waals surface area contributed by atoms with E-state index in [9.17, 15) is 8.78 Å². The van der Waals surface area contributed by atoms with Crippen molar-refractivity contribution in [3.05, 3.63) is 41.1 Å². The van der Waals surface area contributed by atoms with Gasteiger partial charge in [0.1, 0.15) is 0 Å². The summed E-state index contributed by atoms with van der Waals surface area (Å²) in [4.78, 5) is 7.61. The molecule has 0 spiro atoms. The highest BCUT2D eigenvalue weighted by Gasteiger charge is 2.13. The molecule has 0 saturated heterocycles. The maximum atomic E-state index is 13.7. The van der Waals surface area contributed by atoms with Crippen LogP contribution in [-0.2, 0) is 0 Å². The summed E-state index contributed by atoms with van der Waals surface area (Å²) in [6, 6.07) is 4.20. The predicted molar refractivity (Wildman–Crippen MR) is 72.3 cm³/mol. The Morgan fingerprint density at radius 1 is 1.35 bits per heavy atom. The van der Waals surface area contributed by atoms with Gasteiger partial charge in [-0.15, -0.1) is 0 Å². The fourth-order valence-electron chi connectivity index (χ4n) is 1.41. The number of anilines is 1. The molecule has 0 amide bonds. The van der Waals surface area contributed by atoms with Gasteiger partial charge in [-0.3, -0.25) is 0 Å². The molecule has 0 atom stereocenters. The number of rotatable bonds is 5. The Morgan fingerprint density at radius 3 is 2.90 bits per heavy atom. The summed E-state index contributed by atoms with van der Waals surface area (Å²) in [5.41, 5.74) is 0. The first-order valence-corrected chi connectivity index (χ1v) is 6.38. The summed E-state index contributed by atoms with van der Waals surface area (Å²) in [5.74, 6) is -1.90. The van der Waals surface area contributed by atoms with Gasteiger partial charge < -0.3 is 10.1 Å². The van der Waals surface area contributed by atoms with Crippen molar-refractivity contribution in [2.24, 2.45) is 0 Å². The minimum Gasteiger partial charge on any atom is -0.433 e. The van der Waals surface area contributed by atoms with E-state index in [2.05, 4.69) is 15.3 Å². The van der Waals surface area contributed by atoms with E-state index in [4.69, 9.17) is 16.3 Å². The van der Waals surface area contributed by atoms with Crippen LogP contribution in [0.15, 0.2) is 24.4 Å². The summed E-state index contributed by atoms with van der Waals surface area (Å²) in [6.45, 7) is 2.60. The predicted octanol–water partition coefficient (Wildman–Crippen LogP) is 4.02. The standard InChI is InChI=1S/C13H12ClF2N3O/c1-2-6-17-13-18-7-9(15)12(19-13)20-10-5-3-4-8(14)11(10)16/h3-5,7H,2,6H2,1H3,(H,17,18,19). The third-order valence-corrected chi connectivity index (χ3v) is 2.66. The number of nitrogens with one attached hydrogen (secondary N) is 1. The van der Waals surface area contributed by atoms with Gasteiger partial charge in [0.25, 0.3) is 5.88 Å². The number of hydrogen-bond acceptors (Lipinski definition) is 4. The van der Waals surface area contributed by atoms with Crippen molar-refractivity contribution in [2.75, 3.05) is 11.9 Å². The number of hydrogen-bond donors (Lipinski definition) is 1. The van der Waals surface area contributed by atoms with Gasteiger partial charge in [-0.2, -0.15) is 9.37 Å². The fraction of sp³-hybridized carbons (Fsp3) is 0.231. The Hall–Kier alpha value is -1.95. The third kappa shape index (κ3) is 3.33. The van der Waals surface area contributed by atoms with E-state index in [0.717, 1.165) is 12.6 Å². The Balaban J connectivity index is 2.26. The van der Waals surface area contributed by atoms with Crippen LogP contribution < -0.4 is 10.1 Å². The molecule has 0 aliphatic carbocycles. The smallest absolute Gasteiger partial charge is 0.260 e. The van der Waals surface area contributed by atoms with Crippen LogP contribution in [0.1, 0.15) is 13.3 Å². The van der Waals surface area contributed by atoms with E-state index in [0.29, 0.717) is 6.54 Å². The van der Waals surface area contributed by atoms with Crippen LogP contribution >= 0.6 is 11.6 Å². The number of halogens is 3. The van der Waals surface area contributed by atoms with Crippen molar-refractivity contribution in [3.63, 3.8) is 0 Å². The quantitative estimate of drug-likeness (QED) is 0.905. The maximum absolute atomic E-state index is 13.7. The van der Waals surface area contributed by atoms with Gasteiger partial charge >= 0.3 is 0 Å². The lowest BCUT2D eigenvalue weighted by Crippen LogP contribution is -2.06. The molecule has 1 aromatic heterocycles. The van der Waals surface area contributed by atoms with Crippen molar-refractivity contribution in [1.29, 1.82) is 0 Å². The second-order valence-corrected chi connectivity index (χ2v) is 4.33. The first-order chi connectivity index (χ1) is 9.61. The number of ether oxygens (including phenoxy) is 1. The molecule has 106 valence electrons. The highest BCUT2D eigenvalue weighted by atomic mass is 35.5. The molecule has 0 aliphatic heterocycles. The molecule has 0 saturated carbocycles. The van der Waals surface area contributed by atoms with Gasteiger partial charge in [0.15, 0.2) is 11.6 Å². The Bertz CT molecular complexity index is 610. The van der Waals surface area contributed by atoms with Crippen molar-refractivity contribution in [1.82, 2.24) is 9.97 Å². The van der Waals surface area contributed by atoms with Gasteiger partial charge in [0.05, 0.1) is 11.2 Å². The lowest BCUT2D eigenvalue weighted by molar-refractivity contribution is 0.397. The highest BCUT2D eigenvalue weighted by molar-refractivity contribution is 6.30. The van der Waals surface area contributed by atoms with Gasteiger partial charge in [-0.05, 0) is 18.6 Å². The fourth-order valence-corrected chi connectivity index (χ4v) is 1.58. The molecule has 20 heavy (non-hydrogen) atoms. The molecule has 0 bridgehead atoms. The normalized spacial score (nSPS) is 10.4. The zero-order chi connectivity index (χ0) is 14.5. The Kier molecular flexibility index (Phi) is 4.68. The highest BCUT2D eigenvalue weighted by Crippen LogP contribution is 2.29. The van der Waals surface area contributed by atoms with Crippen molar-refractivity contribution in [2.45, 2.75) is 13.3 Å². The zero-order valence-electron chi connectivity index (χ0n) is 10.7. The molecule has 2 aromatic rings. The lowest BCUT2D eigenvalue weighted by Gasteiger charge is -2.09. The van der Waals surface area contributed by atoms with Crippen LogP contribution in [0.4, 0.5) is 14.7 Å². The molecular weight excluding hydrogens is 288 g/mol. The van der Waals surface area contributed by atoms with Crippen LogP contribution in [0.3, 0.4) is 0 Å². The summed E-state index contributed by atoms with van der Waals surface area (Å²) < 4.78 is 32.4. The van der Waals surface area contributed by atoms with E-state index in [-0.39, 0.29) is 22.6 Å². The van der Waals surface area contributed by atoms with Crippen LogP contribution in [0.2, 0.25) is 5.02 Å². The van der Waals surface area contributed by atoms with Crippen LogP contribution in [0.25, 0.3) is 0 Å². The van der Waals surface area contributed by atoms with E-state index in [1.54, 1.807) is 0 Å². The largest absolute Gasteiger partial charge is 0.433 e. The van der Waals surface area contributed by atoms with Gasteiger partial charge in [-0.25, -0.2) is 9.37 Å². The van der Waals surface area contributed by atoms with Gasteiger partial charge in [0.2, 0.25) is 11.8 Å². The molecule has 1 aromatic carbocycles. The van der Waals surface area contributed by atoms with Crippen molar-refractivity contribution >= 4 is 17.5 Å². The SMILES string of the molecule is CCCNc1ncc(F)c(Oc2cccc(Cl)c2F)n1. The average molecular weight is 300 g/mol. The lowest BCUT2D eigenvalue weighted by atomic mass is 10.3. The van der Waals surface area contributed by atoms with Crippen LogP contribution in [-0.4, -0.2) is 16.5 Å². The maximum Gasteiger partial charge on any atom is 0.260 e. The molecule has 2 rings (SSSR count). The minimum atomic E-state index is -0.786. The number of aromatic nitrogens is 2. The summed E-state index contributed by atoms with van der Waals surface area (Å²) in [5, 5.41) is 2.78. The molecule has 0 fully saturated rings. The van der Waals surface area contributed by atoms with Crippen molar-refractivity contribution < 1.29 is 13.5 Å². The topological polar surface area (TPSA) is 47.0 Å². The molecule has 0 radical (unpaired) electrons. The van der Waals surface area contributed by atoms with Crippen molar-refractivity contribution in [3.8, 4) is 11.6 Å². The van der Waals surface area contributed by atoms with Gasteiger partial charge in [0, 0.05) is 6.54 Å². The third-order valence-electron chi connectivity index (χ3n) is 2.37. The molecular formula is C13H12ClF2N3O. The monoisotopic (exact) mass is 299 g/mol. The molecule has 0 unspecified atom stereocenters. The first kappa shape index (κ1) is 14.5. The first-order valence-electron chi connectivity index (χ1n) is 6.00. The minimum absolute atomic E-state index is 0.110. The second kappa shape index (κ2) is 6.47. The van der Waals surface area contributed by atoms with E-state index >= 15 is 0 Å². The van der Waals surface area contributed by atoms with E-state index < -0.39 is 11.6 Å². The van der Waals surface area contributed by atoms with E-state index in [1.165, 1.54) is 18.2 Å². The zero-order valence-corrected chi connectivity index (χ0v) is 11.4. The second-order valence-electron chi connectivity index (χ2n) is 3.93. The molecule has 7 heteroatoms. The van der Waals surface area contributed by atoms with Crippen LogP contribution in [0, 0.1) is 11.6 Å². The molecule has 1 heterocycles. The molecule has 0 aliphatic rings.